The monoisotopic (exact) mass is 1780 g/mol. The zero-order valence-electron chi connectivity index (χ0n) is 76.0. The number of furan rings is 1. The highest BCUT2D eigenvalue weighted by Crippen LogP contribution is 2.50. The Balaban J connectivity index is 0.0000000864. The summed E-state index contributed by atoms with van der Waals surface area (Å²) in [6.07, 6.45) is 14.6. The Labute approximate surface area is 782 Å². The molecule has 135 heavy (non-hydrogen) atoms. The fourth-order valence-corrected chi connectivity index (χ4v) is 22.4. The molecule has 23 aromatic rings. The second kappa shape index (κ2) is 32.8. The number of hydrogen-bond donors (Lipinski definition) is 0. The molecule has 17 heteroatoms. The second-order valence-corrected chi connectivity index (χ2v) is 37.2. The summed E-state index contributed by atoms with van der Waals surface area (Å²) in [4.78, 5) is 10.0. The van der Waals surface area contributed by atoms with Crippen molar-refractivity contribution in [3.05, 3.63) is 361 Å². The maximum absolute atomic E-state index is 6.27. The van der Waals surface area contributed by atoms with E-state index in [-0.39, 0.29) is 0 Å². The zero-order chi connectivity index (χ0) is 90.4. The molecule has 11 aromatic heterocycles. The molecule has 7 aliphatic rings. The van der Waals surface area contributed by atoms with E-state index in [1.165, 1.54) is 212 Å². The molecule has 12 aromatic carbocycles. The van der Waals surface area contributed by atoms with Crippen molar-refractivity contribution in [2.45, 2.75) is 114 Å². The summed E-state index contributed by atoms with van der Waals surface area (Å²) in [5.74, 6) is 7.53. The van der Waals surface area contributed by atoms with Gasteiger partial charge in [-0.2, -0.15) is 27.4 Å². The summed E-state index contributed by atoms with van der Waals surface area (Å²) in [7, 11) is 2.07. The Morgan fingerprint density at radius 1 is 0.311 bits per heavy atom. The minimum Gasteiger partial charge on any atom is -0.464 e. The van der Waals surface area contributed by atoms with Crippen LogP contribution in [0.25, 0.3) is 185 Å². The molecular formula is C118H95N9O7S+6. The Morgan fingerprint density at radius 2 is 0.681 bits per heavy atom. The van der Waals surface area contributed by atoms with E-state index in [9.17, 15) is 0 Å². The molecule has 0 N–H and O–H groups in total. The Hall–Kier alpha value is -16.0. The highest BCUT2D eigenvalue weighted by Gasteiger charge is 2.36. The molecule has 6 aliphatic heterocycles. The summed E-state index contributed by atoms with van der Waals surface area (Å²) in [5, 5.41) is 24.3. The molecule has 1 aliphatic carbocycles. The first-order chi connectivity index (χ1) is 66.4. The van der Waals surface area contributed by atoms with Crippen molar-refractivity contribution in [3.63, 3.8) is 0 Å². The number of pyridine rings is 8. The molecule has 17 heterocycles. The van der Waals surface area contributed by atoms with Crippen LogP contribution in [0.1, 0.15) is 71.3 Å². The van der Waals surface area contributed by atoms with Crippen LogP contribution in [0.5, 0.6) is 34.5 Å². The summed E-state index contributed by atoms with van der Waals surface area (Å²) < 4.78 is 58.5. The van der Waals surface area contributed by atoms with E-state index in [1.807, 2.05) is 48.8 Å². The lowest BCUT2D eigenvalue weighted by molar-refractivity contribution is -0.707. The Morgan fingerprint density at radius 3 is 1.08 bits per heavy atom. The van der Waals surface area contributed by atoms with Gasteiger partial charge >= 0.3 is 0 Å². The summed E-state index contributed by atoms with van der Waals surface area (Å²) in [5.41, 5.74) is 25.2. The fraction of sp³-hybridized carbons (Fsp3) is 0.153. The third-order valence-corrected chi connectivity index (χ3v) is 29.5. The van der Waals surface area contributed by atoms with Gasteiger partial charge in [-0.15, -0.1) is 11.3 Å². The third-order valence-electron chi connectivity index (χ3n) is 28.6. The number of hydrogen-bond acceptors (Lipinski definition) is 10. The molecule has 0 amide bonds. The van der Waals surface area contributed by atoms with Gasteiger partial charge in [0.15, 0.2) is 51.4 Å². The van der Waals surface area contributed by atoms with Gasteiger partial charge in [0.25, 0.3) is 40.4 Å². The van der Waals surface area contributed by atoms with Crippen molar-refractivity contribution in [2.24, 2.45) is 7.05 Å². The first-order valence-corrected chi connectivity index (χ1v) is 47.4. The number of benzene rings is 12. The zero-order valence-corrected chi connectivity index (χ0v) is 76.9. The fourth-order valence-electron chi connectivity index (χ4n) is 21.6. The van der Waals surface area contributed by atoms with E-state index in [1.54, 1.807) is 23.8 Å². The van der Waals surface area contributed by atoms with E-state index < -0.39 is 0 Å². The standard InChI is InChI=1S/C20H17N2O.2C20H15N2O.C20H20NO.C19H14NO2.C19H14NOS/c1-13-5-6-15-8-7-14-9-10-16(17-4-3-11-21(17)2)20-18(14)19(15)22(13)12-23-20;1-13-4-5-15-7-6-14-8-9-17(16-3-2-10-21-11-16)20-18(14)19(15)22(13)12-23-20;1-13-5-6-15-8-7-14-9-10-16(17-4-2-3-11-21-17)20-18(14)19(15)22(13)12-23-20;1-13-6-7-16-9-8-15-10-11-17(14-4-2-3-5-14)20-18(15)19(16)21(13)12-22-20;1-12-4-5-14-7-6-13-8-9-15(16-3-2-10-21-16)19-17(13)18(14)20(12)11-22-19;1-12-4-5-14-7-6-13-8-9-15(16-3-2-10-22-16)19-17(13)18(14)20(12)11-21-19/h3-11H,12H2,1-2H3;2*2-11H,12H2,1H3;6-11,14H,2-5,12H2,1H3;2*2-10H,11H2,1H3/q6*+1. The first kappa shape index (κ1) is 81.0. The van der Waals surface area contributed by atoms with Gasteiger partial charge in [0.05, 0.1) is 55.5 Å². The lowest BCUT2D eigenvalue weighted by Crippen LogP contribution is -2.42. The number of ether oxygens (including phenoxy) is 6. The predicted octanol–water partition coefficient (Wildman–Crippen LogP) is 25.4. The number of rotatable bonds is 6. The minimum absolute atomic E-state index is 0.535. The average molecular weight is 1780 g/mol. The molecule has 0 atom stereocenters. The van der Waals surface area contributed by atoms with Crippen molar-refractivity contribution >= 4 is 141 Å². The van der Waals surface area contributed by atoms with Crippen molar-refractivity contribution in [1.29, 1.82) is 0 Å². The van der Waals surface area contributed by atoms with Crippen LogP contribution in [-0.2, 0) is 47.4 Å². The highest BCUT2D eigenvalue weighted by atomic mass is 32.1. The normalized spacial score (nSPS) is 13.6. The Kier molecular flexibility index (Phi) is 19.7. The molecule has 0 saturated heterocycles. The lowest BCUT2D eigenvalue weighted by Gasteiger charge is -2.21. The third kappa shape index (κ3) is 13.5. The van der Waals surface area contributed by atoms with Gasteiger partial charge in [-0.3, -0.25) is 9.97 Å². The van der Waals surface area contributed by atoms with Crippen LogP contribution < -0.4 is 55.8 Å². The first-order valence-electron chi connectivity index (χ1n) is 46.5. The number of nitrogens with zero attached hydrogens (tertiary/aromatic N) is 9. The topological polar surface area (TPSA) is 123 Å². The van der Waals surface area contributed by atoms with Crippen LogP contribution in [0.3, 0.4) is 0 Å². The van der Waals surface area contributed by atoms with Gasteiger partial charge in [-0.1, -0.05) is 110 Å². The van der Waals surface area contributed by atoms with E-state index in [2.05, 4.69) is 351 Å². The van der Waals surface area contributed by atoms with Crippen molar-refractivity contribution in [2.75, 3.05) is 0 Å². The maximum Gasteiger partial charge on any atom is 0.292 e. The molecule has 0 radical (unpaired) electrons. The molecule has 0 unspecified atom stereocenters. The van der Waals surface area contributed by atoms with E-state index in [0.29, 0.717) is 46.3 Å². The van der Waals surface area contributed by atoms with E-state index in [4.69, 9.17) is 32.8 Å². The van der Waals surface area contributed by atoms with Crippen LogP contribution in [0, 0.1) is 41.5 Å². The quantitative estimate of drug-likeness (QED) is 0.118. The largest absolute Gasteiger partial charge is 0.464 e. The van der Waals surface area contributed by atoms with Crippen LogP contribution in [-0.4, -0.2) is 14.5 Å². The van der Waals surface area contributed by atoms with Gasteiger partial charge < -0.3 is 37.4 Å². The summed E-state index contributed by atoms with van der Waals surface area (Å²) >= 11 is 1.76. The molecule has 0 bridgehead atoms. The Bertz CT molecular complexity index is 8510. The van der Waals surface area contributed by atoms with Crippen LogP contribution in [0.15, 0.2) is 326 Å². The van der Waals surface area contributed by atoms with Gasteiger partial charge in [0.1, 0.15) is 23.0 Å². The molecule has 30 rings (SSSR count). The second-order valence-electron chi connectivity index (χ2n) is 36.3. The maximum atomic E-state index is 6.27. The summed E-state index contributed by atoms with van der Waals surface area (Å²) in [6.45, 7) is 16.2. The minimum atomic E-state index is 0.535. The van der Waals surface area contributed by atoms with Gasteiger partial charge in [0, 0.05) is 175 Å². The number of aryl methyl sites for hydroxylation is 7. The SMILES string of the molecule is Cc1ccc2ccc3ccc(-c4ccccn4)c4c3c2[n+]1CO4.Cc1ccc2ccc3ccc(-c4cccn4C)c4c3c2[n+]1CO4.Cc1ccc2ccc3ccc(-c4cccnc4)c4c3c2[n+]1CO4.Cc1ccc2ccc3ccc(-c4ccco4)c4c3c2[n+]1CO4.Cc1ccc2ccc3ccc(-c4cccs4)c4c3c2[n+]1CO4.Cc1ccc2ccc3ccc(C4CCCC4)c4c3c2[n+]1CO4. The molecule has 16 nitrogen and oxygen atoms in total. The van der Waals surface area contributed by atoms with E-state index in [0.717, 1.165) is 73.8 Å². The molecular weight excluding hydrogens is 1690 g/mol. The molecule has 1 fully saturated rings. The number of thiophene rings is 1. The van der Waals surface area contributed by atoms with Crippen LogP contribution in [0.4, 0.5) is 0 Å². The van der Waals surface area contributed by atoms with Crippen LogP contribution >= 0.6 is 11.3 Å². The smallest absolute Gasteiger partial charge is 0.292 e. The highest BCUT2D eigenvalue weighted by molar-refractivity contribution is 7.13. The molecule has 1 saturated carbocycles. The van der Waals surface area contributed by atoms with Gasteiger partial charge in [-0.05, 0) is 214 Å². The van der Waals surface area contributed by atoms with Gasteiger partial charge in [0.2, 0.25) is 33.1 Å². The lowest BCUT2D eigenvalue weighted by atomic mass is 9.92. The predicted molar refractivity (Wildman–Crippen MR) is 535 cm³/mol. The molecule has 0 spiro atoms. The summed E-state index contributed by atoms with van der Waals surface area (Å²) in [6, 6.07) is 101. The average Bonchev–Trinajstić information content (AvgIpc) is 1.26. The van der Waals surface area contributed by atoms with Crippen molar-refractivity contribution in [1.82, 2.24) is 14.5 Å². The van der Waals surface area contributed by atoms with Crippen molar-refractivity contribution in [3.8, 4) is 89.9 Å². The van der Waals surface area contributed by atoms with Gasteiger partial charge in [-0.25, -0.2) is 0 Å². The van der Waals surface area contributed by atoms with E-state index >= 15 is 0 Å². The van der Waals surface area contributed by atoms with Crippen molar-refractivity contribution < 1.29 is 60.2 Å². The number of aromatic nitrogens is 9. The molecule has 654 valence electrons. The van der Waals surface area contributed by atoms with Crippen LogP contribution in [0.2, 0.25) is 0 Å².